The molecule has 0 atom stereocenters. The lowest BCUT2D eigenvalue weighted by Gasteiger charge is -2.06. The number of nitrogens with zero attached hydrogens (tertiary/aromatic N) is 2. The number of hydrogen-bond acceptors (Lipinski definition) is 3. The van der Waals surface area contributed by atoms with E-state index in [4.69, 9.17) is 22.1 Å². The Hall–Kier alpha value is -2.04. The molecule has 0 spiro atoms. The van der Waals surface area contributed by atoms with E-state index in [0.29, 0.717) is 18.2 Å². The van der Waals surface area contributed by atoms with Gasteiger partial charge in [0.05, 0.1) is 11.0 Å². The van der Waals surface area contributed by atoms with Crippen molar-refractivity contribution in [1.82, 2.24) is 9.55 Å². The van der Waals surface area contributed by atoms with Gasteiger partial charge < -0.3 is 15.0 Å². The molecular weight excluding hydrogens is 286 g/mol. The second-order valence-electron chi connectivity index (χ2n) is 4.86. The van der Waals surface area contributed by atoms with Gasteiger partial charge in [0.25, 0.3) is 0 Å². The van der Waals surface area contributed by atoms with Crippen LogP contribution in [0.15, 0.2) is 42.5 Å². The van der Waals surface area contributed by atoms with Crippen molar-refractivity contribution in [2.24, 2.45) is 12.8 Å². The minimum atomic E-state index is 0.392. The summed E-state index contributed by atoms with van der Waals surface area (Å²) in [7, 11) is 1.98. The van der Waals surface area contributed by atoms with E-state index in [9.17, 15) is 0 Å². The molecule has 0 aliphatic rings. The Morgan fingerprint density at radius 3 is 2.86 bits per heavy atom. The molecule has 0 amide bonds. The molecule has 0 saturated heterocycles. The van der Waals surface area contributed by atoms with E-state index in [2.05, 4.69) is 4.98 Å². The van der Waals surface area contributed by atoms with Crippen LogP contribution in [0.3, 0.4) is 0 Å². The highest BCUT2D eigenvalue weighted by Crippen LogP contribution is 2.20. The summed E-state index contributed by atoms with van der Waals surface area (Å²) in [4.78, 5) is 4.61. The molecule has 108 valence electrons. The van der Waals surface area contributed by atoms with E-state index in [1.807, 2.05) is 48.0 Å². The Morgan fingerprint density at radius 2 is 2.10 bits per heavy atom. The maximum Gasteiger partial charge on any atom is 0.147 e. The number of benzene rings is 2. The van der Waals surface area contributed by atoms with Crippen LogP contribution >= 0.6 is 11.6 Å². The summed E-state index contributed by atoms with van der Waals surface area (Å²) in [6.45, 7) is 0.907. The molecule has 1 heterocycles. The lowest BCUT2D eigenvalue weighted by Crippen LogP contribution is -2.03. The third-order valence-electron chi connectivity index (χ3n) is 3.44. The zero-order valence-corrected chi connectivity index (χ0v) is 12.5. The Labute approximate surface area is 128 Å². The quantitative estimate of drug-likeness (QED) is 0.804. The Kier molecular flexibility index (Phi) is 3.82. The normalized spacial score (nSPS) is 11.0. The predicted molar refractivity (Wildman–Crippen MR) is 84.4 cm³/mol. The molecule has 2 N–H and O–H groups in total. The number of hydrogen-bond donors (Lipinski definition) is 1. The second kappa shape index (κ2) is 5.76. The number of fused-ring (bicyclic) bond motifs is 1. The first-order chi connectivity index (χ1) is 10.2. The molecule has 0 aliphatic carbocycles. The van der Waals surface area contributed by atoms with Crippen molar-refractivity contribution in [3.8, 4) is 5.75 Å². The smallest absolute Gasteiger partial charge is 0.147 e. The van der Waals surface area contributed by atoms with Crippen molar-refractivity contribution < 1.29 is 4.74 Å². The molecule has 0 radical (unpaired) electrons. The lowest BCUT2D eigenvalue weighted by atomic mass is 10.2. The maximum absolute atomic E-state index is 5.94. The maximum atomic E-state index is 5.94. The number of rotatable bonds is 4. The van der Waals surface area contributed by atoms with Crippen LogP contribution in [0.25, 0.3) is 11.0 Å². The monoisotopic (exact) mass is 301 g/mol. The van der Waals surface area contributed by atoms with Gasteiger partial charge in [-0.2, -0.15) is 0 Å². The first-order valence-corrected chi connectivity index (χ1v) is 7.08. The third-order valence-corrected chi connectivity index (χ3v) is 3.67. The standard InChI is InChI=1S/C16H16ClN3O/c1-20-15-6-5-11(9-18)7-14(15)19-16(20)10-21-13-4-2-3-12(17)8-13/h2-8H,9-10,18H2,1H3. The van der Waals surface area contributed by atoms with Crippen molar-refractivity contribution in [2.45, 2.75) is 13.2 Å². The van der Waals surface area contributed by atoms with Gasteiger partial charge in [-0.3, -0.25) is 0 Å². The van der Waals surface area contributed by atoms with Gasteiger partial charge >= 0.3 is 0 Å². The van der Waals surface area contributed by atoms with Crippen LogP contribution in [0.2, 0.25) is 5.02 Å². The van der Waals surface area contributed by atoms with Crippen LogP contribution in [0.1, 0.15) is 11.4 Å². The van der Waals surface area contributed by atoms with Crippen LogP contribution in [0.5, 0.6) is 5.75 Å². The van der Waals surface area contributed by atoms with Gasteiger partial charge in [0.2, 0.25) is 0 Å². The van der Waals surface area contributed by atoms with Crippen LogP contribution < -0.4 is 10.5 Å². The van der Waals surface area contributed by atoms with E-state index in [1.165, 1.54) is 0 Å². The molecule has 0 saturated carbocycles. The predicted octanol–water partition coefficient (Wildman–Crippen LogP) is 3.26. The number of ether oxygens (including phenoxy) is 1. The van der Waals surface area contributed by atoms with Crippen molar-refractivity contribution in [2.75, 3.05) is 0 Å². The molecule has 0 fully saturated rings. The number of aromatic nitrogens is 2. The van der Waals surface area contributed by atoms with E-state index in [-0.39, 0.29) is 0 Å². The first-order valence-electron chi connectivity index (χ1n) is 6.70. The average Bonchev–Trinajstić information content (AvgIpc) is 2.81. The lowest BCUT2D eigenvalue weighted by molar-refractivity contribution is 0.292. The molecular formula is C16H16ClN3O. The van der Waals surface area contributed by atoms with Crippen LogP contribution in [0, 0.1) is 0 Å². The molecule has 4 nitrogen and oxygen atoms in total. The van der Waals surface area contributed by atoms with Gasteiger partial charge in [0, 0.05) is 18.6 Å². The Balaban J connectivity index is 1.85. The summed E-state index contributed by atoms with van der Waals surface area (Å²) in [5.41, 5.74) is 8.74. The highest BCUT2D eigenvalue weighted by Gasteiger charge is 2.09. The van der Waals surface area contributed by atoms with Crippen molar-refractivity contribution in [3.63, 3.8) is 0 Å². The summed E-state index contributed by atoms with van der Waals surface area (Å²) in [5, 5.41) is 0.657. The van der Waals surface area contributed by atoms with Gasteiger partial charge in [0.1, 0.15) is 18.2 Å². The zero-order chi connectivity index (χ0) is 14.8. The molecule has 0 bridgehead atoms. The fourth-order valence-electron chi connectivity index (χ4n) is 2.26. The zero-order valence-electron chi connectivity index (χ0n) is 11.7. The van der Waals surface area contributed by atoms with Gasteiger partial charge in [0.15, 0.2) is 0 Å². The molecule has 21 heavy (non-hydrogen) atoms. The molecule has 3 rings (SSSR count). The number of imidazole rings is 1. The summed E-state index contributed by atoms with van der Waals surface area (Å²) >= 11 is 5.94. The average molecular weight is 302 g/mol. The SMILES string of the molecule is Cn1c(COc2cccc(Cl)c2)nc2cc(CN)ccc21. The fraction of sp³-hybridized carbons (Fsp3) is 0.188. The molecule has 0 unspecified atom stereocenters. The highest BCUT2D eigenvalue weighted by molar-refractivity contribution is 6.30. The van der Waals surface area contributed by atoms with Crippen LogP contribution in [0.4, 0.5) is 0 Å². The minimum Gasteiger partial charge on any atom is -0.486 e. The van der Waals surface area contributed by atoms with Crippen molar-refractivity contribution >= 4 is 22.6 Å². The van der Waals surface area contributed by atoms with Gasteiger partial charge in [-0.15, -0.1) is 0 Å². The molecule has 1 aromatic heterocycles. The topological polar surface area (TPSA) is 53.1 Å². The number of halogens is 1. The third kappa shape index (κ3) is 2.86. The molecule has 2 aromatic carbocycles. The number of aryl methyl sites for hydroxylation is 1. The summed E-state index contributed by atoms with van der Waals surface area (Å²) < 4.78 is 7.78. The Bertz CT molecular complexity index is 782. The van der Waals surface area contributed by atoms with Crippen molar-refractivity contribution in [3.05, 3.63) is 58.9 Å². The largest absolute Gasteiger partial charge is 0.486 e. The number of nitrogens with two attached hydrogens (primary N) is 1. The second-order valence-corrected chi connectivity index (χ2v) is 5.30. The summed E-state index contributed by atoms with van der Waals surface area (Å²) in [6.07, 6.45) is 0. The highest BCUT2D eigenvalue weighted by atomic mass is 35.5. The van der Waals surface area contributed by atoms with Gasteiger partial charge in [-0.05, 0) is 35.9 Å². The van der Waals surface area contributed by atoms with Crippen LogP contribution in [-0.2, 0) is 20.2 Å². The first kappa shape index (κ1) is 13.9. The molecule has 5 heteroatoms. The van der Waals surface area contributed by atoms with E-state index in [0.717, 1.165) is 28.2 Å². The van der Waals surface area contributed by atoms with E-state index >= 15 is 0 Å². The van der Waals surface area contributed by atoms with E-state index < -0.39 is 0 Å². The van der Waals surface area contributed by atoms with Crippen LogP contribution in [-0.4, -0.2) is 9.55 Å². The van der Waals surface area contributed by atoms with E-state index in [1.54, 1.807) is 6.07 Å². The Morgan fingerprint density at radius 1 is 1.24 bits per heavy atom. The summed E-state index contributed by atoms with van der Waals surface area (Å²) in [5.74, 6) is 1.59. The van der Waals surface area contributed by atoms with Gasteiger partial charge in [-0.1, -0.05) is 23.7 Å². The van der Waals surface area contributed by atoms with Crippen molar-refractivity contribution in [1.29, 1.82) is 0 Å². The molecule has 0 aliphatic heterocycles. The fourth-order valence-corrected chi connectivity index (χ4v) is 2.44. The minimum absolute atomic E-state index is 0.392. The van der Waals surface area contributed by atoms with Gasteiger partial charge in [-0.25, -0.2) is 4.98 Å². The molecule has 3 aromatic rings. The summed E-state index contributed by atoms with van der Waals surface area (Å²) in [6, 6.07) is 13.4.